The number of carbonyl (C=O) groups excluding carboxylic acids is 2. The lowest BCUT2D eigenvalue weighted by Crippen LogP contribution is -2.44. The van der Waals surface area contributed by atoms with E-state index < -0.39 is 0 Å². The lowest BCUT2D eigenvalue weighted by molar-refractivity contribution is -0.134. The number of hydrogen-bond acceptors (Lipinski definition) is 3. The maximum Gasteiger partial charge on any atom is 0.240 e. The number of rotatable bonds is 5. The summed E-state index contributed by atoms with van der Waals surface area (Å²) >= 11 is 0. The quantitative estimate of drug-likeness (QED) is 0.702. The molecule has 2 N–H and O–H groups in total. The molecular formula is C12H21N3O2. The second-order valence-corrected chi connectivity index (χ2v) is 5.26. The first-order chi connectivity index (χ1) is 8.06. The van der Waals surface area contributed by atoms with Crippen LogP contribution in [-0.4, -0.2) is 47.9 Å². The van der Waals surface area contributed by atoms with Crippen LogP contribution in [0.5, 0.6) is 0 Å². The Kier molecular flexibility index (Phi) is 3.66. The van der Waals surface area contributed by atoms with E-state index in [0.717, 1.165) is 19.3 Å². The molecule has 2 rings (SSSR count). The Labute approximate surface area is 102 Å². The normalized spacial score (nSPS) is 24.5. The molecule has 2 fully saturated rings. The van der Waals surface area contributed by atoms with Crippen LogP contribution in [0.2, 0.25) is 0 Å². The average molecular weight is 239 g/mol. The molecule has 96 valence electrons. The Balaban J connectivity index is 1.78. The SMILES string of the molecule is CC(C)NC1CCN(CC(=O)NC2CC2)C1=O. The van der Waals surface area contributed by atoms with Crippen molar-refractivity contribution in [3.05, 3.63) is 0 Å². The predicted octanol–water partition coefficient (Wildman–Crippen LogP) is -0.136. The molecule has 0 spiro atoms. The second kappa shape index (κ2) is 5.04. The molecule has 0 aromatic heterocycles. The van der Waals surface area contributed by atoms with Crippen LogP contribution in [0.15, 0.2) is 0 Å². The van der Waals surface area contributed by atoms with Crippen LogP contribution < -0.4 is 10.6 Å². The summed E-state index contributed by atoms with van der Waals surface area (Å²) in [7, 11) is 0. The monoisotopic (exact) mass is 239 g/mol. The zero-order valence-corrected chi connectivity index (χ0v) is 10.5. The summed E-state index contributed by atoms with van der Waals surface area (Å²) in [6.07, 6.45) is 2.96. The number of likely N-dealkylation sites (tertiary alicyclic amines) is 1. The molecule has 0 bridgehead atoms. The van der Waals surface area contributed by atoms with Crippen LogP contribution in [0.25, 0.3) is 0 Å². The lowest BCUT2D eigenvalue weighted by atomic mass is 10.2. The van der Waals surface area contributed by atoms with Gasteiger partial charge in [0.25, 0.3) is 0 Å². The van der Waals surface area contributed by atoms with Crippen LogP contribution in [0.3, 0.4) is 0 Å². The van der Waals surface area contributed by atoms with Crippen molar-refractivity contribution in [2.75, 3.05) is 13.1 Å². The summed E-state index contributed by atoms with van der Waals surface area (Å²) in [6.45, 7) is 4.94. The van der Waals surface area contributed by atoms with Gasteiger partial charge in [-0.3, -0.25) is 9.59 Å². The fraction of sp³-hybridized carbons (Fsp3) is 0.833. The molecular weight excluding hydrogens is 218 g/mol. The number of carbonyl (C=O) groups is 2. The number of hydrogen-bond donors (Lipinski definition) is 2. The Bertz CT molecular complexity index is 313. The van der Waals surface area contributed by atoms with Crippen LogP contribution in [0.1, 0.15) is 33.1 Å². The van der Waals surface area contributed by atoms with Crippen molar-refractivity contribution in [2.45, 2.75) is 51.2 Å². The van der Waals surface area contributed by atoms with Gasteiger partial charge < -0.3 is 15.5 Å². The van der Waals surface area contributed by atoms with Crippen LogP contribution >= 0.6 is 0 Å². The third-order valence-corrected chi connectivity index (χ3v) is 3.11. The van der Waals surface area contributed by atoms with Gasteiger partial charge in [0.1, 0.15) is 0 Å². The van der Waals surface area contributed by atoms with E-state index in [-0.39, 0.29) is 24.4 Å². The molecule has 2 aliphatic rings. The van der Waals surface area contributed by atoms with Gasteiger partial charge in [0.15, 0.2) is 0 Å². The molecule has 5 nitrogen and oxygen atoms in total. The van der Waals surface area contributed by atoms with Crippen molar-refractivity contribution >= 4 is 11.8 Å². The van der Waals surface area contributed by atoms with Crippen LogP contribution in [0, 0.1) is 0 Å². The van der Waals surface area contributed by atoms with E-state index in [1.807, 2.05) is 13.8 Å². The zero-order valence-electron chi connectivity index (χ0n) is 10.5. The summed E-state index contributed by atoms with van der Waals surface area (Å²) in [5.74, 6) is 0.0377. The Morgan fingerprint density at radius 2 is 2.12 bits per heavy atom. The van der Waals surface area contributed by atoms with Crippen molar-refractivity contribution in [3.63, 3.8) is 0 Å². The van der Waals surface area contributed by atoms with E-state index in [4.69, 9.17) is 0 Å². The Morgan fingerprint density at radius 1 is 1.41 bits per heavy atom. The highest BCUT2D eigenvalue weighted by Gasteiger charge is 2.33. The van der Waals surface area contributed by atoms with Crippen molar-refractivity contribution in [3.8, 4) is 0 Å². The topological polar surface area (TPSA) is 61.4 Å². The molecule has 0 aromatic carbocycles. The summed E-state index contributed by atoms with van der Waals surface area (Å²) < 4.78 is 0. The maximum atomic E-state index is 12.0. The van der Waals surface area contributed by atoms with Gasteiger partial charge in [-0.1, -0.05) is 13.8 Å². The Morgan fingerprint density at radius 3 is 2.71 bits per heavy atom. The first kappa shape index (κ1) is 12.4. The summed E-state index contributed by atoms with van der Waals surface area (Å²) in [5, 5.41) is 6.13. The first-order valence-corrected chi connectivity index (χ1v) is 6.40. The molecule has 2 amide bonds. The van der Waals surface area contributed by atoms with E-state index in [1.165, 1.54) is 0 Å². The fourth-order valence-electron chi connectivity index (χ4n) is 2.13. The molecule has 1 heterocycles. The standard InChI is InChI=1S/C12H21N3O2/c1-8(2)13-10-5-6-15(12(10)17)7-11(16)14-9-3-4-9/h8-10,13H,3-7H2,1-2H3,(H,14,16). The number of nitrogens with one attached hydrogen (secondary N) is 2. The van der Waals surface area contributed by atoms with Crippen LogP contribution in [0.4, 0.5) is 0 Å². The molecule has 1 aliphatic carbocycles. The molecule has 1 atom stereocenters. The molecule has 17 heavy (non-hydrogen) atoms. The van der Waals surface area contributed by atoms with Crippen molar-refractivity contribution < 1.29 is 9.59 Å². The van der Waals surface area contributed by atoms with Gasteiger partial charge in [0, 0.05) is 18.6 Å². The summed E-state index contributed by atoms with van der Waals surface area (Å²) in [6, 6.07) is 0.553. The van der Waals surface area contributed by atoms with Gasteiger partial charge in [-0.25, -0.2) is 0 Å². The average Bonchev–Trinajstić information content (AvgIpc) is 2.98. The number of amides is 2. The summed E-state index contributed by atoms with van der Waals surface area (Å²) in [5.41, 5.74) is 0. The maximum absolute atomic E-state index is 12.0. The first-order valence-electron chi connectivity index (χ1n) is 6.40. The van der Waals surface area contributed by atoms with E-state index in [1.54, 1.807) is 4.90 Å². The van der Waals surface area contributed by atoms with E-state index in [2.05, 4.69) is 10.6 Å². The predicted molar refractivity (Wildman–Crippen MR) is 64.4 cm³/mol. The minimum absolute atomic E-state index is 0.0222. The highest BCUT2D eigenvalue weighted by molar-refractivity contribution is 5.89. The molecule has 5 heteroatoms. The third kappa shape index (κ3) is 3.43. The van der Waals surface area contributed by atoms with Gasteiger partial charge in [0.05, 0.1) is 12.6 Å². The van der Waals surface area contributed by atoms with Gasteiger partial charge in [-0.05, 0) is 19.3 Å². The largest absolute Gasteiger partial charge is 0.352 e. The van der Waals surface area contributed by atoms with Gasteiger partial charge in [-0.2, -0.15) is 0 Å². The molecule has 1 unspecified atom stereocenters. The summed E-state index contributed by atoms with van der Waals surface area (Å²) in [4.78, 5) is 25.2. The van der Waals surface area contributed by atoms with Gasteiger partial charge in [-0.15, -0.1) is 0 Å². The zero-order chi connectivity index (χ0) is 12.4. The Hall–Kier alpha value is -1.10. The van der Waals surface area contributed by atoms with E-state index in [0.29, 0.717) is 18.6 Å². The molecule has 1 saturated heterocycles. The van der Waals surface area contributed by atoms with E-state index in [9.17, 15) is 9.59 Å². The van der Waals surface area contributed by atoms with Crippen LogP contribution in [-0.2, 0) is 9.59 Å². The van der Waals surface area contributed by atoms with Crippen molar-refractivity contribution in [1.82, 2.24) is 15.5 Å². The minimum Gasteiger partial charge on any atom is -0.352 e. The smallest absolute Gasteiger partial charge is 0.240 e. The van der Waals surface area contributed by atoms with Gasteiger partial charge in [0.2, 0.25) is 11.8 Å². The lowest BCUT2D eigenvalue weighted by Gasteiger charge is -2.17. The second-order valence-electron chi connectivity index (χ2n) is 5.26. The van der Waals surface area contributed by atoms with E-state index >= 15 is 0 Å². The molecule has 1 aliphatic heterocycles. The highest BCUT2D eigenvalue weighted by Crippen LogP contribution is 2.18. The third-order valence-electron chi connectivity index (χ3n) is 3.11. The minimum atomic E-state index is -0.108. The van der Waals surface area contributed by atoms with Crippen molar-refractivity contribution in [2.24, 2.45) is 0 Å². The molecule has 0 radical (unpaired) electrons. The molecule has 0 aromatic rings. The highest BCUT2D eigenvalue weighted by atomic mass is 16.2. The van der Waals surface area contributed by atoms with Crippen molar-refractivity contribution in [1.29, 1.82) is 0 Å². The number of nitrogens with zero attached hydrogens (tertiary/aromatic N) is 1. The fourth-order valence-corrected chi connectivity index (χ4v) is 2.13. The molecule has 1 saturated carbocycles. The van der Waals surface area contributed by atoms with Gasteiger partial charge >= 0.3 is 0 Å².